The predicted octanol–water partition coefficient (Wildman–Crippen LogP) is 3.15. The molecule has 1 amide bonds. The Morgan fingerprint density at radius 3 is 2.39 bits per heavy atom. The van der Waals surface area contributed by atoms with Crippen LogP contribution in [0, 0.1) is 0 Å². The van der Waals surface area contributed by atoms with Crippen LogP contribution in [0.5, 0.6) is 0 Å². The lowest BCUT2D eigenvalue weighted by atomic mass is 10.1. The number of rotatable bonds is 6. The smallest absolute Gasteiger partial charge is 0.264 e. The van der Waals surface area contributed by atoms with Crippen LogP contribution in [0.3, 0.4) is 0 Å². The molecule has 0 aromatic heterocycles. The second-order valence-corrected chi connectivity index (χ2v) is 8.62. The van der Waals surface area contributed by atoms with Crippen LogP contribution in [0.1, 0.15) is 30.1 Å². The van der Waals surface area contributed by atoms with E-state index in [9.17, 15) is 13.2 Å². The monoisotopic (exact) mass is 402 g/mol. The third kappa shape index (κ3) is 4.20. The molecule has 0 bridgehead atoms. The molecule has 1 saturated heterocycles. The van der Waals surface area contributed by atoms with Crippen LogP contribution in [-0.2, 0) is 14.8 Å². The van der Waals surface area contributed by atoms with Gasteiger partial charge < -0.3 is 9.64 Å². The van der Waals surface area contributed by atoms with Gasteiger partial charge in [-0.05, 0) is 50.1 Å². The number of sulfonamides is 1. The van der Waals surface area contributed by atoms with Gasteiger partial charge in [-0.2, -0.15) is 0 Å². The third-order valence-electron chi connectivity index (χ3n) is 5.06. The molecule has 1 aliphatic heterocycles. The molecule has 1 fully saturated rings. The van der Waals surface area contributed by atoms with Gasteiger partial charge in [0, 0.05) is 32.3 Å². The maximum atomic E-state index is 13.2. The van der Waals surface area contributed by atoms with Gasteiger partial charge in [0.1, 0.15) is 0 Å². The summed E-state index contributed by atoms with van der Waals surface area (Å²) < 4.78 is 33.1. The Balaban J connectivity index is 1.85. The Kier molecular flexibility index (Phi) is 6.36. The Morgan fingerprint density at radius 2 is 1.79 bits per heavy atom. The maximum Gasteiger partial charge on any atom is 0.264 e. The van der Waals surface area contributed by atoms with Crippen molar-refractivity contribution in [3.63, 3.8) is 0 Å². The van der Waals surface area contributed by atoms with E-state index in [1.807, 2.05) is 6.07 Å². The number of likely N-dealkylation sites (tertiary alicyclic amines) is 1. The average molecular weight is 403 g/mol. The van der Waals surface area contributed by atoms with Gasteiger partial charge in [-0.25, -0.2) is 8.42 Å². The fourth-order valence-electron chi connectivity index (χ4n) is 3.48. The molecule has 2 aromatic carbocycles. The van der Waals surface area contributed by atoms with Crippen molar-refractivity contribution in [2.24, 2.45) is 0 Å². The Hall–Kier alpha value is -2.38. The van der Waals surface area contributed by atoms with Crippen LogP contribution in [0.15, 0.2) is 59.5 Å². The van der Waals surface area contributed by atoms with E-state index >= 15 is 0 Å². The van der Waals surface area contributed by atoms with Crippen molar-refractivity contribution >= 4 is 21.6 Å². The quantitative estimate of drug-likeness (QED) is 0.744. The number of amides is 1. The lowest BCUT2D eigenvalue weighted by Crippen LogP contribution is -2.40. The van der Waals surface area contributed by atoms with E-state index in [2.05, 4.69) is 0 Å². The number of nitrogens with zero attached hydrogens (tertiary/aromatic N) is 2. The highest BCUT2D eigenvalue weighted by Gasteiger charge is 2.27. The van der Waals surface area contributed by atoms with Gasteiger partial charge in [-0.15, -0.1) is 0 Å². The number of benzene rings is 2. The van der Waals surface area contributed by atoms with E-state index < -0.39 is 10.0 Å². The molecular weight excluding hydrogens is 376 g/mol. The summed E-state index contributed by atoms with van der Waals surface area (Å²) in [6, 6.07) is 15.3. The van der Waals surface area contributed by atoms with Gasteiger partial charge >= 0.3 is 0 Å². The topological polar surface area (TPSA) is 66.9 Å². The molecule has 1 aliphatic rings. The van der Waals surface area contributed by atoms with Crippen LogP contribution in [-0.4, -0.2) is 52.1 Å². The molecule has 3 rings (SSSR count). The van der Waals surface area contributed by atoms with Gasteiger partial charge in [-0.1, -0.05) is 24.3 Å². The SMILES string of the molecule is CCN(c1ccccc1)S(=O)(=O)c1cccc(C(=O)N2CCC(OC)CC2)c1. The molecule has 0 radical (unpaired) electrons. The maximum absolute atomic E-state index is 13.2. The summed E-state index contributed by atoms with van der Waals surface area (Å²) in [6.45, 7) is 3.31. The number of piperidine rings is 1. The van der Waals surface area contributed by atoms with E-state index in [4.69, 9.17) is 4.74 Å². The number of para-hydroxylation sites is 1. The zero-order chi connectivity index (χ0) is 20.1. The highest BCUT2D eigenvalue weighted by molar-refractivity contribution is 7.92. The van der Waals surface area contributed by atoms with Crippen molar-refractivity contribution in [3.8, 4) is 0 Å². The van der Waals surface area contributed by atoms with Gasteiger partial charge in [0.05, 0.1) is 16.7 Å². The number of methoxy groups -OCH3 is 1. The van der Waals surface area contributed by atoms with E-state index in [-0.39, 0.29) is 16.9 Å². The molecule has 7 heteroatoms. The number of ether oxygens (including phenoxy) is 1. The summed E-state index contributed by atoms with van der Waals surface area (Å²) in [5, 5.41) is 0. The molecule has 0 atom stereocenters. The van der Waals surface area contributed by atoms with E-state index in [1.165, 1.54) is 16.4 Å². The summed E-state index contributed by atoms with van der Waals surface area (Å²) in [6.07, 6.45) is 1.76. The molecule has 1 heterocycles. The minimum absolute atomic E-state index is 0.121. The molecule has 2 aromatic rings. The van der Waals surface area contributed by atoms with Crippen LogP contribution >= 0.6 is 0 Å². The molecule has 0 saturated carbocycles. The Bertz CT molecular complexity index is 907. The molecule has 0 aliphatic carbocycles. The summed E-state index contributed by atoms with van der Waals surface area (Å²) in [5.41, 5.74) is 0.990. The molecule has 0 unspecified atom stereocenters. The zero-order valence-electron chi connectivity index (χ0n) is 16.2. The number of hydrogen-bond acceptors (Lipinski definition) is 4. The highest BCUT2D eigenvalue weighted by atomic mass is 32.2. The lowest BCUT2D eigenvalue weighted by Gasteiger charge is -2.31. The van der Waals surface area contributed by atoms with Crippen molar-refractivity contribution < 1.29 is 17.9 Å². The largest absolute Gasteiger partial charge is 0.381 e. The number of carbonyl (C=O) groups is 1. The summed E-state index contributed by atoms with van der Waals surface area (Å²) in [4.78, 5) is 14.7. The summed E-state index contributed by atoms with van der Waals surface area (Å²) in [7, 11) is -2.08. The summed E-state index contributed by atoms with van der Waals surface area (Å²) >= 11 is 0. The van der Waals surface area contributed by atoms with Crippen LogP contribution < -0.4 is 4.31 Å². The fraction of sp³-hybridized carbons (Fsp3) is 0.381. The molecular formula is C21H26N2O4S. The van der Waals surface area contributed by atoms with Gasteiger partial charge in [-0.3, -0.25) is 9.10 Å². The first-order valence-corrected chi connectivity index (χ1v) is 10.9. The van der Waals surface area contributed by atoms with E-state index in [0.717, 1.165) is 12.8 Å². The lowest BCUT2D eigenvalue weighted by molar-refractivity contribution is 0.0350. The normalized spacial score (nSPS) is 15.4. The van der Waals surface area contributed by atoms with E-state index in [1.54, 1.807) is 55.3 Å². The first-order valence-electron chi connectivity index (χ1n) is 9.47. The first-order chi connectivity index (χ1) is 13.5. The van der Waals surface area contributed by atoms with Crippen LogP contribution in [0.2, 0.25) is 0 Å². The van der Waals surface area contributed by atoms with Gasteiger partial charge in [0.25, 0.3) is 15.9 Å². The third-order valence-corrected chi connectivity index (χ3v) is 6.96. The molecule has 6 nitrogen and oxygen atoms in total. The van der Waals surface area contributed by atoms with Crippen molar-refractivity contribution in [1.29, 1.82) is 0 Å². The summed E-state index contributed by atoms with van der Waals surface area (Å²) in [5.74, 6) is -0.144. The van der Waals surface area contributed by atoms with E-state index in [0.29, 0.717) is 30.9 Å². The standard InChI is InChI=1S/C21H26N2O4S/c1-3-23(18-9-5-4-6-10-18)28(25,26)20-11-7-8-17(16-20)21(24)22-14-12-19(27-2)13-15-22/h4-11,16,19H,3,12-15H2,1-2H3. The zero-order valence-corrected chi connectivity index (χ0v) is 17.1. The van der Waals surface area contributed by atoms with Crippen molar-refractivity contribution in [1.82, 2.24) is 4.90 Å². The fourth-order valence-corrected chi connectivity index (χ4v) is 5.00. The van der Waals surface area contributed by atoms with Gasteiger partial charge in [0.2, 0.25) is 0 Å². The Morgan fingerprint density at radius 1 is 1.11 bits per heavy atom. The number of anilines is 1. The minimum atomic E-state index is -3.76. The number of hydrogen-bond donors (Lipinski definition) is 0. The minimum Gasteiger partial charge on any atom is -0.381 e. The van der Waals surface area contributed by atoms with Crippen molar-refractivity contribution in [3.05, 3.63) is 60.2 Å². The average Bonchev–Trinajstić information content (AvgIpc) is 2.74. The van der Waals surface area contributed by atoms with Crippen molar-refractivity contribution in [2.75, 3.05) is 31.0 Å². The van der Waals surface area contributed by atoms with Crippen molar-refractivity contribution in [2.45, 2.75) is 30.8 Å². The number of carbonyl (C=O) groups excluding carboxylic acids is 1. The molecule has 150 valence electrons. The highest BCUT2D eigenvalue weighted by Crippen LogP contribution is 2.24. The Labute approximate surface area is 166 Å². The predicted molar refractivity (Wildman–Crippen MR) is 109 cm³/mol. The molecule has 28 heavy (non-hydrogen) atoms. The molecule has 0 spiro atoms. The van der Waals surface area contributed by atoms with Gasteiger partial charge in [0.15, 0.2) is 0 Å². The van der Waals surface area contributed by atoms with Crippen LogP contribution in [0.25, 0.3) is 0 Å². The first kappa shape index (κ1) is 20.4. The second-order valence-electron chi connectivity index (χ2n) is 6.76. The molecule has 0 N–H and O–H groups in total. The second kappa shape index (κ2) is 8.75. The van der Waals surface area contributed by atoms with Crippen LogP contribution in [0.4, 0.5) is 5.69 Å².